The first-order valence-electron chi connectivity index (χ1n) is 17.6. The van der Waals surface area contributed by atoms with Crippen LogP contribution in [-0.2, 0) is 19.1 Å². The van der Waals surface area contributed by atoms with Gasteiger partial charge in [-0.2, -0.15) is 15.0 Å². The summed E-state index contributed by atoms with van der Waals surface area (Å²) >= 11 is 0. The predicted octanol–water partition coefficient (Wildman–Crippen LogP) is 5.25. The molecule has 13 heteroatoms. The van der Waals surface area contributed by atoms with Crippen LogP contribution in [0.25, 0.3) is 28.6 Å². The summed E-state index contributed by atoms with van der Waals surface area (Å²) in [5.41, 5.74) is 1.44. The summed E-state index contributed by atoms with van der Waals surface area (Å²) in [7, 11) is 1.62. The van der Waals surface area contributed by atoms with E-state index in [0.717, 1.165) is 29.5 Å². The summed E-state index contributed by atoms with van der Waals surface area (Å²) in [4.78, 5) is 57.0. The number of fused-ring (bicyclic) bond motifs is 8. The van der Waals surface area contributed by atoms with Crippen LogP contribution in [0.2, 0.25) is 0 Å². The molecule has 13 nitrogen and oxygen atoms in total. The third-order valence-corrected chi connectivity index (χ3v) is 10.1. The Morgan fingerprint density at radius 1 is 1.10 bits per heavy atom. The van der Waals surface area contributed by atoms with Gasteiger partial charge in [-0.1, -0.05) is 69.3 Å². The Balaban J connectivity index is 1.45. The largest absolute Gasteiger partial charge is 0.496 e. The van der Waals surface area contributed by atoms with E-state index in [1.54, 1.807) is 11.9 Å². The van der Waals surface area contributed by atoms with E-state index in [1.165, 1.54) is 11.0 Å². The van der Waals surface area contributed by atoms with Crippen LogP contribution in [0.5, 0.6) is 5.75 Å². The predicted molar refractivity (Wildman–Crippen MR) is 194 cm³/mol. The number of benzene rings is 2. The van der Waals surface area contributed by atoms with Gasteiger partial charge in [0.2, 0.25) is 11.8 Å². The number of alkyl carbamates (subject to hydrolysis) is 1. The average molecular weight is 711 g/mol. The van der Waals surface area contributed by atoms with E-state index in [9.17, 15) is 24.3 Å². The van der Waals surface area contributed by atoms with Crippen molar-refractivity contribution < 1.29 is 33.8 Å². The fourth-order valence-corrected chi connectivity index (χ4v) is 6.99. The molecule has 2 aliphatic heterocycles. The van der Waals surface area contributed by atoms with Gasteiger partial charge in [-0.05, 0) is 49.3 Å². The minimum absolute atomic E-state index is 0.0319. The molecule has 1 aromatic heterocycles. The number of aliphatic carboxylic acids is 1. The van der Waals surface area contributed by atoms with Gasteiger partial charge in [0.15, 0.2) is 0 Å². The van der Waals surface area contributed by atoms with Crippen molar-refractivity contribution in [2.24, 2.45) is 11.3 Å². The first kappa shape index (κ1) is 36.3. The Kier molecular flexibility index (Phi) is 10.2. The lowest BCUT2D eigenvalue weighted by Gasteiger charge is -2.35. The molecule has 3 heterocycles. The second kappa shape index (κ2) is 14.6. The highest BCUT2D eigenvalue weighted by Crippen LogP contribution is 2.45. The summed E-state index contributed by atoms with van der Waals surface area (Å²) in [5, 5.41) is 25.5. The summed E-state index contributed by atoms with van der Waals surface area (Å²) in [6, 6.07) is 12.7. The Morgan fingerprint density at radius 2 is 1.83 bits per heavy atom. The zero-order valence-electron chi connectivity index (χ0n) is 30.0. The quantitative estimate of drug-likeness (QED) is 0.290. The maximum Gasteiger partial charge on any atom is 0.407 e. The molecule has 3 aromatic rings. The molecule has 1 aliphatic carbocycles. The number of hydrogen-bond acceptors (Lipinski definition) is 8. The Bertz CT molecular complexity index is 1880. The number of rotatable bonds is 6. The number of allylic oxidation sites excluding steroid dienone is 1. The number of nitrogens with one attached hydrogen (secondary N) is 2. The van der Waals surface area contributed by atoms with Crippen molar-refractivity contribution in [1.82, 2.24) is 30.5 Å². The summed E-state index contributed by atoms with van der Waals surface area (Å²) in [6.07, 6.45) is 7.24. The second-order valence-corrected chi connectivity index (χ2v) is 14.7. The minimum atomic E-state index is -1.50. The summed E-state index contributed by atoms with van der Waals surface area (Å²) < 4.78 is 11.1. The highest BCUT2D eigenvalue weighted by Gasteiger charge is 2.61. The molecule has 3 N–H and O–H groups in total. The molecule has 1 saturated heterocycles. The zero-order valence-corrected chi connectivity index (χ0v) is 30.0. The van der Waals surface area contributed by atoms with Crippen LogP contribution < -0.4 is 15.4 Å². The van der Waals surface area contributed by atoms with E-state index in [-0.39, 0.29) is 26.0 Å². The summed E-state index contributed by atoms with van der Waals surface area (Å²) in [5.74, 6) is -2.03. The van der Waals surface area contributed by atoms with Crippen LogP contribution in [-0.4, -0.2) is 86.8 Å². The van der Waals surface area contributed by atoms with Crippen molar-refractivity contribution in [3.63, 3.8) is 0 Å². The SMILES string of the molecule is C=C[C@@H]1C[C@]1(NC(=O)[C@@H]1C[C@@H]2CN1C(=O)[C@H](C(C)(C)C)NC(=O)OCCCC/C=C\c1cc(ccc1OC)-c1nn2nc1-c1ccccc1)C(=O)O. The third kappa shape index (κ3) is 7.30. The van der Waals surface area contributed by atoms with E-state index in [1.807, 2.05) is 75.4 Å². The maximum atomic E-state index is 14.5. The molecule has 2 fully saturated rings. The molecule has 52 heavy (non-hydrogen) atoms. The van der Waals surface area contributed by atoms with Crippen molar-refractivity contribution in [2.45, 2.75) is 76.5 Å². The number of hydrogen-bond donors (Lipinski definition) is 3. The Hall–Kier alpha value is -5.46. The highest BCUT2D eigenvalue weighted by molar-refractivity contribution is 5.96. The molecule has 6 bridgehead atoms. The number of amides is 3. The van der Waals surface area contributed by atoms with E-state index < -0.39 is 58.9 Å². The van der Waals surface area contributed by atoms with Crippen LogP contribution in [0.4, 0.5) is 4.79 Å². The molecule has 3 aliphatic rings. The van der Waals surface area contributed by atoms with Crippen LogP contribution in [0, 0.1) is 11.3 Å². The van der Waals surface area contributed by atoms with Crippen molar-refractivity contribution in [1.29, 1.82) is 0 Å². The van der Waals surface area contributed by atoms with E-state index in [2.05, 4.69) is 23.3 Å². The fraction of sp³-hybridized carbons (Fsp3) is 0.436. The van der Waals surface area contributed by atoms with E-state index in [0.29, 0.717) is 23.6 Å². The molecule has 1 saturated carbocycles. The molecular weight excluding hydrogens is 664 g/mol. The third-order valence-electron chi connectivity index (χ3n) is 10.1. The lowest BCUT2D eigenvalue weighted by molar-refractivity contribution is -0.146. The first-order chi connectivity index (χ1) is 24.9. The number of aromatic nitrogens is 3. The van der Waals surface area contributed by atoms with Crippen molar-refractivity contribution in [3.05, 3.63) is 72.8 Å². The molecule has 274 valence electrons. The standard InChI is InChI=1S/C39H46N6O7/c1-6-27-22-39(27,36(48)49)41-34(46)29-21-28-23-44(29)35(47)33(38(2,3)4)40-37(50)52-19-13-8-7-10-16-25-20-26(17-18-30(25)51-5)32-31(42-45(28)43-32)24-14-11-9-12-15-24/h6,9-12,14-18,20,27-29,33H,1,7-8,13,19,21-23H2,2-5H3,(H,40,50)(H,41,46)(H,48,49)/b16-10-/t27-,28-,29+,33-,39-/m1/s1. The zero-order chi connectivity index (χ0) is 37.2. The van der Waals surface area contributed by atoms with Crippen LogP contribution in [0.3, 0.4) is 0 Å². The van der Waals surface area contributed by atoms with Gasteiger partial charge >= 0.3 is 12.1 Å². The van der Waals surface area contributed by atoms with Crippen molar-refractivity contribution in [2.75, 3.05) is 20.3 Å². The van der Waals surface area contributed by atoms with Gasteiger partial charge in [0.1, 0.15) is 34.8 Å². The number of carboxylic acids is 1. The lowest BCUT2D eigenvalue weighted by atomic mass is 9.85. The van der Waals surface area contributed by atoms with Gasteiger partial charge in [0.25, 0.3) is 0 Å². The molecule has 0 unspecified atom stereocenters. The van der Waals surface area contributed by atoms with Gasteiger partial charge < -0.3 is 30.1 Å². The number of nitrogens with zero attached hydrogens (tertiary/aromatic N) is 4. The van der Waals surface area contributed by atoms with Gasteiger partial charge in [-0.3, -0.25) is 9.59 Å². The summed E-state index contributed by atoms with van der Waals surface area (Å²) in [6.45, 7) is 9.38. The fourth-order valence-electron chi connectivity index (χ4n) is 6.99. The monoisotopic (exact) mass is 710 g/mol. The van der Waals surface area contributed by atoms with Crippen molar-refractivity contribution in [3.8, 4) is 28.3 Å². The normalized spacial score (nSPS) is 25.7. The Labute approximate surface area is 303 Å². The maximum absolute atomic E-state index is 14.5. The van der Waals surface area contributed by atoms with Crippen LogP contribution in [0.15, 0.2) is 67.3 Å². The molecule has 6 rings (SSSR count). The number of carboxylic acid groups (broad SMARTS) is 1. The molecule has 3 amide bonds. The number of methoxy groups -OCH3 is 1. The van der Waals surface area contributed by atoms with Gasteiger partial charge in [-0.25, -0.2) is 9.59 Å². The second-order valence-electron chi connectivity index (χ2n) is 14.7. The minimum Gasteiger partial charge on any atom is -0.496 e. The highest BCUT2D eigenvalue weighted by atomic mass is 16.5. The first-order valence-corrected chi connectivity index (χ1v) is 17.6. The van der Waals surface area contributed by atoms with Crippen LogP contribution in [0.1, 0.15) is 64.5 Å². The van der Waals surface area contributed by atoms with Gasteiger partial charge in [0, 0.05) is 35.6 Å². The molecule has 5 atom stereocenters. The number of carbonyl (C=O) groups is 4. The number of cyclic esters (lactones) is 1. The lowest BCUT2D eigenvalue weighted by Crippen LogP contribution is -2.59. The molecule has 0 spiro atoms. The van der Waals surface area contributed by atoms with Gasteiger partial charge in [-0.15, -0.1) is 6.58 Å². The number of ether oxygens (including phenoxy) is 2. The Morgan fingerprint density at radius 3 is 2.48 bits per heavy atom. The van der Waals surface area contributed by atoms with Crippen LogP contribution >= 0.6 is 0 Å². The molecular formula is C39H46N6O7. The van der Waals surface area contributed by atoms with Gasteiger partial charge in [0.05, 0.1) is 19.8 Å². The average Bonchev–Trinajstić information content (AvgIpc) is 3.42. The smallest absolute Gasteiger partial charge is 0.407 e. The van der Waals surface area contributed by atoms with E-state index >= 15 is 0 Å². The van der Waals surface area contributed by atoms with E-state index in [4.69, 9.17) is 19.7 Å². The molecule has 2 aromatic carbocycles. The molecule has 0 radical (unpaired) electrons. The topological polar surface area (TPSA) is 165 Å². The number of carbonyl (C=O) groups excluding carboxylic acids is 3. The van der Waals surface area contributed by atoms with Crippen molar-refractivity contribution >= 4 is 30.0 Å².